The fourth-order valence-corrected chi connectivity index (χ4v) is 4.56. The monoisotopic (exact) mass is 420 g/mol. The van der Waals surface area contributed by atoms with Crippen LogP contribution >= 0.6 is 0 Å². The van der Waals surface area contributed by atoms with E-state index in [4.69, 9.17) is 0 Å². The van der Waals surface area contributed by atoms with Crippen LogP contribution in [0.25, 0.3) is 10.8 Å². The van der Waals surface area contributed by atoms with Crippen LogP contribution in [0.2, 0.25) is 0 Å². The molecular weight excluding hydrogens is 388 g/mol. The van der Waals surface area contributed by atoms with Gasteiger partial charge in [-0.1, -0.05) is 43.2 Å². The maximum Gasteiger partial charge on any atom is 0.225 e. The van der Waals surface area contributed by atoms with Crippen LogP contribution < -0.4 is 15.5 Å². The van der Waals surface area contributed by atoms with Gasteiger partial charge in [-0.2, -0.15) is 0 Å². The SMILES string of the molecule is O=C1CCN(c2cncc3c(C#CCCCNCC4CCCCC4)cccc23)C(O)N1. The van der Waals surface area contributed by atoms with E-state index in [-0.39, 0.29) is 5.91 Å². The van der Waals surface area contributed by atoms with Gasteiger partial charge < -0.3 is 20.6 Å². The molecule has 1 aliphatic carbocycles. The zero-order valence-corrected chi connectivity index (χ0v) is 18.1. The van der Waals surface area contributed by atoms with Gasteiger partial charge in [-0.05, 0) is 44.3 Å². The Morgan fingerprint density at radius 2 is 2.06 bits per heavy atom. The van der Waals surface area contributed by atoms with E-state index in [2.05, 4.69) is 27.5 Å². The van der Waals surface area contributed by atoms with Gasteiger partial charge in [0, 0.05) is 41.9 Å². The van der Waals surface area contributed by atoms with Gasteiger partial charge in [0.25, 0.3) is 0 Å². The number of aliphatic hydroxyl groups is 1. The first-order valence-corrected chi connectivity index (χ1v) is 11.5. The average molecular weight is 421 g/mol. The summed E-state index contributed by atoms with van der Waals surface area (Å²) in [6.45, 7) is 2.62. The number of amides is 1. The van der Waals surface area contributed by atoms with Crippen LogP contribution in [0.15, 0.2) is 30.6 Å². The predicted molar refractivity (Wildman–Crippen MR) is 123 cm³/mol. The van der Waals surface area contributed by atoms with E-state index in [1.165, 1.54) is 32.1 Å². The largest absolute Gasteiger partial charge is 0.356 e. The van der Waals surface area contributed by atoms with Gasteiger partial charge in [-0.3, -0.25) is 9.78 Å². The molecule has 1 atom stereocenters. The number of nitrogens with zero attached hydrogens (tertiary/aromatic N) is 2. The number of anilines is 1. The molecule has 164 valence electrons. The molecule has 1 aromatic heterocycles. The maximum atomic E-state index is 11.5. The lowest BCUT2D eigenvalue weighted by Gasteiger charge is -2.34. The number of hydrogen-bond acceptors (Lipinski definition) is 5. The Morgan fingerprint density at radius 1 is 1.19 bits per heavy atom. The zero-order valence-electron chi connectivity index (χ0n) is 18.1. The number of carbonyl (C=O) groups excluding carboxylic acids is 1. The van der Waals surface area contributed by atoms with Gasteiger partial charge in [0.15, 0.2) is 0 Å². The molecule has 1 saturated carbocycles. The Kier molecular flexibility index (Phi) is 7.39. The van der Waals surface area contributed by atoms with Crippen molar-refractivity contribution in [2.45, 2.75) is 57.7 Å². The Hall–Kier alpha value is -2.62. The predicted octanol–water partition coefficient (Wildman–Crippen LogP) is 3.14. The summed E-state index contributed by atoms with van der Waals surface area (Å²) in [5.74, 6) is 7.34. The number of aromatic nitrogens is 1. The van der Waals surface area contributed by atoms with Crippen molar-refractivity contribution in [2.75, 3.05) is 24.5 Å². The number of fused-ring (bicyclic) bond motifs is 1. The normalized spacial score (nSPS) is 19.7. The number of carbonyl (C=O) groups is 1. The highest BCUT2D eigenvalue weighted by molar-refractivity contribution is 5.97. The van der Waals surface area contributed by atoms with Gasteiger partial charge in [-0.15, -0.1) is 0 Å². The molecule has 6 heteroatoms. The van der Waals surface area contributed by atoms with E-state index >= 15 is 0 Å². The molecular formula is C25H32N4O2. The minimum Gasteiger partial charge on any atom is -0.356 e. The molecule has 2 fully saturated rings. The number of aliphatic hydroxyl groups excluding tert-OH is 1. The molecule has 6 nitrogen and oxygen atoms in total. The minimum atomic E-state index is -1.04. The standard InChI is InChI=1S/C25H32N4O2/c30-24-13-15-29(25(31)28-24)23-18-27-17-22-20(11-7-12-21(22)23)10-5-2-6-14-26-16-19-8-3-1-4-9-19/h7,11-12,17-19,25-26,31H,1-4,6,8-9,13-16H2,(H,28,30). The highest BCUT2D eigenvalue weighted by Gasteiger charge is 2.25. The Morgan fingerprint density at radius 3 is 2.90 bits per heavy atom. The highest BCUT2D eigenvalue weighted by atomic mass is 16.3. The summed E-state index contributed by atoms with van der Waals surface area (Å²) in [7, 11) is 0. The average Bonchev–Trinajstić information content (AvgIpc) is 2.79. The first-order valence-electron chi connectivity index (χ1n) is 11.5. The fraction of sp³-hybridized carbons (Fsp3) is 0.520. The topological polar surface area (TPSA) is 77.5 Å². The van der Waals surface area contributed by atoms with Gasteiger partial charge in [0.05, 0.1) is 11.9 Å². The third-order valence-electron chi connectivity index (χ3n) is 6.29. The van der Waals surface area contributed by atoms with Gasteiger partial charge in [-0.25, -0.2) is 0 Å². The molecule has 2 aromatic rings. The number of hydrogen-bond donors (Lipinski definition) is 3. The van der Waals surface area contributed by atoms with E-state index in [1.54, 1.807) is 11.1 Å². The second kappa shape index (κ2) is 10.6. The quantitative estimate of drug-likeness (QED) is 0.494. The number of pyridine rings is 1. The molecule has 3 N–H and O–H groups in total. The lowest BCUT2D eigenvalue weighted by Crippen LogP contribution is -2.54. The third kappa shape index (κ3) is 5.55. The molecule has 1 aromatic carbocycles. The van der Waals surface area contributed by atoms with Crippen molar-refractivity contribution in [1.29, 1.82) is 0 Å². The Balaban J connectivity index is 1.36. The van der Waals surface area contributed by atoms with E-state index in [9.17, 15) is 9.90 Å². The molecule has 0 spiro atoms. The highest BCUT2D eigenvalue weighted by Crippen LogP contribution is 2.29. The molecule has 1 unspecified atom stereocenters. The molecule has 31 heavy (non-hydrogen) atoms. The molecule has 0 bridgehead atoms. The van der Waals surface area contributed by atoms with Gasteiger partial charge in [0.2, 0.25) is 12.3 Å². The van der Waals surface area contributed by atoms with Crippen molar-refractivity contribution >= 4 is 22.4 Å². The summed E-state index contributed by atoms with van der Waals surface area (Å²) in [6.07, 6.45) is 11.7. The van der Waals surface area contributed by atoms with Gasteiger partial charge in [0.1, 0.15) is 0 Å². The van der Waals surface area contributed by atoms with Crippen molar-refractivity contribution in [3.8, 4) is 11.8 Å². The molecule has 0 radical (unpaired) electrons. The van der Waals surface area contributed by atoms with Crippen LogP contribution in [0, 0.1) is 17.8 Å². The lowest BCUT2D eigenvalue weighted by molar-refractivity contribution is -0.125. The first kappa shape index (κ1) is 21.6. The Labute approximate surface area is 184 Å². The molecule has 1 saturated heterocycles. The van der Waals surface area contributed by atoms with Crippen LogP contribution in [0.4, 0.5) is 5.69 Å². The molecule has 1 amide bonds. The van der Waals surface area contributed by atoms with Crippen LogP contribution in [-0.2, 0) is 4.79 Å². The van der Waals surface area contributed by atoms with Gasteiger partial charge >= 0.3 is 0 Å². The zero-order chi connectivity index (χ0) is 21.5. The second-order valence-corrected chi connectivity index (χ2v) is 8.56. The first-order chi connectivity index (χ1) is 15.2. The van der Waals surface area contributed by atoms with Crippen LogP contribution in [0.3, 0.4) is 0 Å². The maximum absolute atomic E-state index is 11.5. The molecule has 1 aliphatic heterocycles. The van der Waals surface area contributed by atoms with E-state index < -0.39 is 6.35 Å². The molecule has 4 rings (SSSR count). The number of unbranched alkanes of at least 4 members (excludes halogenated alkanes) is 1. The number of nitrogens with one attached hydrogen (secondary N) is 2. The van der Waals surface area contributed by atoms with Crippen molar-refractivity contribution in [2.24, 2.45) is 5.92 Å². The summed E-state index contributed by atoms with van der Waals surface area (Å²) in [4.78, 5) is 17.7. The summed E-state index contributed by atoms with van der Waals surface area (Å²) in [6, 6.07) is 6.00. The lowest BCUT2D eigenvalue weighted by atomic mass is 9.89. The van der Waals surface area contributed by atoms with Crippen molar-refractivity contribution in [1.82, 2.24) is 15.6 Å². The summed E-state index contributed by atoms with van der Waals surface area (Å²) in [5.41, 5.74) is 1.75. The minimum absolute atomic E-state index is 0.142. The number of benzene rings is 1. The van der Waals surface area contributed by atoms with Crippen molar-refractivity contribution < 1.29 is 9.90 Å². The molecule has 2 aliphatic rings. The van der Waals surface area contributed by atoms with Crippen LogP contribution in [0.1, 0.15) is 56.9 Å². The summed E-state index contributed by atoms with van der Waals surface area (Å²) < 4.78 is 0. The van der Waals surface area contributed by atoms with E-state index in [0.717, 1.165) is 53.9 Å². The summed E-state index contributed by atoms with van der Waals surface area (Å²) >= 11 is 0. The second-order valence-electron chi connectivity index (χ2n) is 8.56. The third-order valence-corrected chi connectivity index (χ3v) is 6.29. The van der Waals surface area contributed by atoms with E-state index in [1.807, 2.05) is 24.4 Å². The fourth-order valence-electron chi connectivity index (χ4n) is 4.56. The van der Waals surface area contributed by atoms with Crippen LogP contribution in [0.5, 0.6) is 0 Å². The van der Waals surface area contributed by atoms with E-state index in [0.29, 0.717) is 13.0 Å². The molecule has 2 heterocycles. The number of rotatable bonds is 6. The van der Waals surface area contributed by atoms with Crippen LogP contribution in [-0.4, -0.2) is 42.0 Å². The van der Waals surface area contributed by atoms with Crippen molar-refractivity contribution in [3.63, 3.8) is 0 Å². The smallest absolute Gasteiger partial charge is 0.225 e. The van der Waals surface area contributed by atoms with Crippen molar-refractivity contribution in [3.05, 3.63) is 36.2 Å². The Bertz CT molecular complexity index is 959. The summed E-state index contributed by atoms with van der Waals surface area (Å²) in [5, 5.41) is 18.4.